The van der Waals surface area contributed by atoms with Crippen LogP contribution in [0.2, 0.25) is 5.02 Å². The fourth-order valence-corrected chi connectivity index (χ4v) is 6.71. The molecular weight excluding hydrogens is 486 g/mol. The average molecular weight is 532 g/mol. The van der Waals surface area contributed by atoms with Crippen LogP contribution in [-0.2, 0) is 16.0 Å². The number of rotatable bonds is 7. The van der Waals surface area contributed by atoms with Crippen LogP contribution in [0.5, 0.6) is 0 Å². The number of nitrogens with zero attached hydrogens (tertiary/aromatic N) is 2. The van der Waals surface area contributed by atoms with Gasteiger partial charge in [0.2, 0.25) is 5.91 Å². The summed E-state index contributed by atoms with van der Waals surface area (Å²) in [6.07, 6.45) is 7.86. The van der Waals surface area contributed by atoms with Crippen LogP contribution in [-0.4, -0.2) is 66.0 Å². The highest BCUT2D eigenvalue weighted by atomic mass is 35.5. The van der Waals surface area contributed by atoms with E-state index in [1.807, 2.05) is 50.0 Å². The van der Waals surface area contributed by atoms with Crippen LogP contribution in [0.15, 0.2) is 24.3 Å². The Labute approximate surface area is 227 Å². The van der Waals surface area contributed by atoms with E-state index in [4.69, 9.17) is 17.3 Å². The molecule has 0 radical (unpaired) electrons. The van der Waals surface area contributed by atoms with Crippen molar-refractivity contribution in [3.05, 3.63) is 34.9 Å². The topological polar surface area (TPSA) is 90.7 Å². The maximum absolute atomic E-state index is 13.7. The minimum Gasteiger partial charge on any atom is -0.351 e. The van der Waals surface area contributed by atoms with Crippen molar-refractivity contribution in [2.75, 3.05) is 33.2 Å². The molecule has 2 saturated heterocycles. The molecule has 1 aliphatic carbocycles. The van der Waals surface area contributed by atoms with Gasteiger partial charge >= 0.3 is 0 Å². The number of hydrazine groups is 1. The van der Waals surface area contributed by atoms with Gasteiger partial charge in [-0.2, -0.15) is 0 Å². The van der Waals surface area contributed by atoms with Gasteiger partial charge in [-0.05, 0) is 83.5 Å². The number of hydrogen-bond acceptors (Lipinski definition) is 5. The molecule has 37 heavy (non-hydrogen) atoms. The number of piperidine rings is 1. The summed E-state index contributed by atoms with van der Waals surface area (Å²) in [5, 5.41) is 5.96. The molecule has 3 fully saturated rings. The summed E-state index contributed by atoms with van der Waals surface area (Å²) >= 11 is 6.08. The van der Waals surface area contributed by atoms with E-state index in [1.54, 1.807) is 0 Å². The molecule has 0 spiro atoms. The first-order valence-corrected chi connectivity index (χ1v) is 14.4. The number of nitrogens with one attached hydrogen (secondary N) is 2. The highest BCUT2D eigenvalue weighted by molar-refractivity contribution is 6.30. The molecule has 2 heterocycles. The summed E-state index contributed by atoms with van der Waals surface area (Å²) in [6.45, 7) is 9.06. The minimum atomic E-state index is -1.01. The lowest BCUT2D eigenvalue weighted by molar-refractivity contribution is -0.144. The summed E-state index contributed by atoms with van der Waals surface area (Å²) in [5.41, 5.74) is 9.46. The zero-order chi connectivity index (χ0) is 26.8. The van der Waals surface area contributed by atoms with E-state index in [2.05, 4.69) is 22.7 Å². The number of benzene rings is 1. The fourth-order valence-electron chi connectivity index (χ4n) is 6.58. The summed E-state index contributed by atoms with van der Waals surface area (Å²) < 4.78 is 0. The lowest BCUT2D eigenvalue weighted by atomic mass is 9.63. The SMILES string of the molecule is CN1CC([C@](N)(Cc2ccc(Cl)cc2)C(=O)NN2CCC(C(=O)NC(C)(C)C)(C3CCCCC3)CC2)C1. The Hall–Kier alpha value is -1.67. The van der Waals surface area contributed by atoms with E-state index in [0.29, 0.717) is 30.5 Å². The fraction of sp³-hybridized carbons (Fsp3) is 0.724. The summed E-state index contributed by atoms with van der Waals surface area (Å²) in [4.78, 5) is 29.6. The van der Waals surface area contributed by atoms with Gasteiger partial charge in [-0.3, -0.25) is 15.0 Å². The van der Waals surface area contributed by atoms with Gasteiger partial charge in [-0.1, -0.05) is 43.0 Å². The molecule has 1 atom stereocenters. The van der Waals surface area contributed by atoms with Gasteiger partial charge in [0, 0.05) is 42.7 Å². The van der Waals surface area contributed by atoms with Crippen molar-refractivity contribution in [1.82, 2.24) is 20.7 Å². The number of hydrogen-bond donors (Lipinski definition) is 3. The van der Waals surface area contributed by atoms with Crippen LogP contribution in [0, 0.1) is 17.3 Å². The van der Waals surface area contributed by atoms with Gasteiger partial charge in [-0.15, -0.1) is 0 Å². The molecular formula is C29H46ClN5O2. The van der Waals surface area contributed by atoms with Crippen LogP contribution in [0.4, 0.5) is 0 Å². The molecule has 1 aromatic carbocycles. The Morgan fingerprint density at radius 1 is 1.05 bits per heavy atom. The van der Waals surface area contributed by atoms with Crippen LogP contribution < -0.4 is 16.5 Å². The van der Waals surface area contributed by atoms with Crippen molar-refractivity contribution in [1.29, 1.82) is 0 Å². The maximum Gasteiger partial charge on any atom is 0.255 e. The Morgan fingerprint density at radius 2 is 1.65 bits per heavy atom. The summed E-state index contributed by atoms with van der Waals surface area (Å²) in [7, 11) is 2.05. The third kappa shape index (κ3) is 6.49. The molecule has 4 N–H and O–H groups in total. The Bertz CT molecular complexity index is 942. The number of amides is 2. The van der Waals surface area contributed by atoms with Crippen molar-refractivity contribution >= 4 is 23.4 Å². The summed E-state index contributed by atoms with van der Waals surface area (Å²) in [5.74, 6) is 0.540. The molecule has 1 saturated carbocycles. The smallest absolute Gasteiger partial charge is 0.255 e. The first-order valence-electron chi connectivity index (χ1n) is 14.0. The zero-order valence-electron chi connectivity index (χ0n) is 23.1. The lowest BCUT2D eigenvalue weighted by Crippen LogP contribution is -2.70. The van der Waals surface area contributed by atoms with Crippen LogP contribution >= 0.6 is 11.6 Å². The normalized spacial score (nSPS) is 23.6. The number of likely N-dealkylation sites (tertiary alicyclic amines) is 1. The quantitative estimate of drug-likeness (QED) is 0.498. The standard InChI is InChI=1S/C29H46ClN5O2/c1-27(2,3)32-25(36)28(22-8-6-5-7-9-22)14-16-35(17-15-28)33-26(37)29(31,23-19-34(4)20-23)18-21-10-12-24(30)13-11-21/h10-13,22-23H,5-9,14-20,31H2,1-4H3,(H,32,36)(H,33,37)/t29-/m1/s1. The predicted molar refractivity (Wildman–Crippen MR) is 149 cm³/mol. The number of halogens is 1. The molecule has 4 rings (SSSR count). The van der Waals surface area contributed by atoms with Gasteiger partial charge in [-0.25, -0.2) is 5.01 Å². The summed E-state index contributed by atoms with van der Waals surface area (Å²) in [6, 6.07) is 7.60. The monoisotopic (exact) mass is 531 g/mol. The van der Waals surface area contributed by atoms with E-state index in [-0.39, 0.29) is 28.7 Å². The first-order chi connectivity index (χ1) is 17.4. The van der Waals surface area contributed by atoms with Crippen molar-refractivity contribution < 1.29 is 9.59 Å². The number of carbonyl (C=O) groups is 2. The zero-order valence-corrected chi connectivity index (χ0v) is 23.9. The van der Waals surface area contributed by atoms with Crippen molar-refractivity contribution in [2.24, 2.45) is 23.0 Å². The van der Waals surface area contributed by atoms with Gasteiger partial charge in [0.1, 0.15) is 5.54 Å². The van der Waals surface area contributed by atoms with Gasteiger partial charge in [0.25, 0.3) is 5.91 Å². The second-order valence-electron chi connectivity index (χ2n) is 12.9. The van der Waals surface area contributed by atoms with E-state index in [0.717, 1.165) is 44.3 Å². The van der Waals surface area contributed by atoms with E-state index < -0.39 is 5.54 Å². The number of carbonyl (C=O) groups excluding carboxylic acids is 2. The third-order valence-corrected chi connectivity index (χ3v) is 9.12. The maximum atomic E-state index is 13.7. The molecule has 0 bridgehead atoms. The average Bonchev–Trinajstić information content (AvgIpc) is 2.83. The van der Waals surface area contributed by atoms with Gasteiger partial charge in [0.05, 0.1) is 5.41 Å². The van der Waals surface area contributed by atoms with Crippen molar-refractivity contribution in [3.8, 4) is 0 Å². The Morgan fingerprint density at radius 3 is 2.19 bits per heavy atom. The molecule has 8 heteroatoms. The van der Waals surface area contributed by atoms with Crippen LogP contribution in [0.25, 0.3) is 0 Å². The van der Waals surface area contributed by atoms with Crippen molar-refractivity contribution in [2.45, 2.75) is 83.2 Å². The molecule has 1 aromatic rings. The van der Waals surface area contributed by atoms with E-state index in [1.165, 1.54) is 19.3 Å². The van der Waals surface area contributed by atoms with Crippen molar-refractivity contribution in [3.63, 3.8) is 0 Å². The highest BCUT2D eigenvalue weighted by Crippen LogP contribution is 2.46. The van der Waals surface area contributed by atoms with Gasteiger partial charge < -0.3 is 16.0 Å². The van der Waals surface area contributed by atoms with Crippen LogP contribution in [0.1, 0.15) is 71.3 Å². The molecule has 0 unspecified atom stereocenters. The molecule has 206 valence electrons. The first kappa shape index (κ1) is 28.3. The largest absolute Gasteiger partial charge is 0.351 e. The molecule has 3 aliphatic rings. The molecule has 0 aromatic heterocycles. The second-order valence-corrected chi connectivity index (χ2v) is 13.3. The molecule has 2 aliphatic heterocycles. The van der Waals surface area contributed by atoms with E-state index in [9.17, 15) is 9.59 Å². The Balaban J connectivity index is 1.45. The van der Waals surface area contributed by atoms with Gasteiger partial charge in [0.15, 0.2) is 0 Å². The lowest BCUT2D eigenvalue weighted by Gasteiger charge is -2.49. The predicted octanol–water partition coefficient (Wildman–Crippen LogP) is 3.75. The van der Waals surface area contributed by atoms with Crippen LogP contribution in [0.3, 0.4) is 0 Å². The van der Waals surface area contributed by atoms with E-state index >= 15 is 0 Å². The second kappa shape index (κ2) is 11.2. The third-order valence-electron chi connectivity index (χ3n) is 8.87. The molecule has 7 nitrogen and oxygen atoms in total. The number of nitrogens with two attached hydrogens (primary N) is 1. The minimum absolute atomic E-state index is 0.0804. The molecule has 2 amide bonds. The Kier molecular flexibility index (Phi) is 8.59. The highest BCUT2D eigenvalue weighted by Gasteiger charge is 2.50.